The first-order valence-electron chi connectivity index (χ1n) is 8.61. The second kappa shape index (κ2) is 8.97. The molecule has 2 aromatic rings. The van der Waals surface area contributed by atoms with E-state index in [-0.39, 0.29) is 12.8 Å². The van der Waals surface area contributed by atoms with Gasteiger partial charge < -0.3 is 0 Å². The van der Waals surface area contributed by atoms with Crippen LogP contribution in [0.3, 0.4) is 0 Å². The average Bonchev–Trinajstić information content (AvgIpc) is 2.59. The van der Waals surface area contributed by atoms with Gasteiger partial charge in [-0.15, -0.1) is 0 Å². The van der Waals surface area contributed by atoms with Gasteiger partial charge in [-0.1, -0.05) is 60.7 Å². The first kappa shape index (κ1) is 20.1. The molecule has 0 radical (unpaired) electrons. The molecule has 1 nitrogen and oxygen atoms in total. The molecular weight excluding hydrogens is 344 g/mol. The fraction of sp³-hybridized carbons (Fsp3) is 0.381. The second-order valence-electron chi connectivity index (χ2n) is 6.58. The smallest absolute Gasteiger partial charge is 0.255 e. The highest BCUT2D eigenvalue weighted by atomic mass is 19.3. The maximum absolute atomic E-state index is 13.9. The van der Waals surface area contributed by atoms with Gasteiger partial charge in [0.25, 0.3) is 11.8 Å². The van der Waals surface area contributed by atoms with Gasteiger partial charge in [-0.2, -0.15) is 0 Å². The molecule has 0 aliphatic heterocycles. The number of hydrogen-bond acceptors (Lipinski definition) is 1. The lowest BCUT2D eigenvalue weighted by Gasteiger charge is -2.19. The largest absolute Gasteiger partial charge is 0.299 e. The second-order valence-corrected chi connectivity index (χ2v) is 6.58. The summed E-state index contributed by atoms with van der Waals surface area (Å²) in [4.78, 5) is 11.7. The summed E-state index contributed by atoms with van der Waals surface area (Å²) < 4.78 is 55.7. The molecule has 0 saturated carbocycles. The predicted molar refractivity (Wildman–Crippen MR) is 93.7 cm³/mol. The normalized spacial score (nSPS) is 12.2. The molecule has 0 atom stereocenters. The molecule has 0 amide bonds. The number of carbonyl (C=O) groups excluding carboxylic acids is 1. The van der Waals surface area contributed by atoms with E-state index in [2.05, 4.69) is 0 Å². The molecule has 0 heterocycles. The maximum atomic E-state index is 13.9. The van der Waals surface area contributed by atoms with Gasteiger partial charge in [-0.3, -0.25) is 4.79 Å². The zero-order valence-electron chi connectivity index (χ0n) is 14.4. The van der Waals surface area contributed by atoms with Gasteiger partial charge in [0, 0.05) is 12.8 Å². The Bertz CT molecular complexity index is 624. The third kappa shape index (κ3) is 7.38. The number of Topliss-reactive ketones (excluding diaryl/α,β-unsaturated/α-hetero) is 1. The molecule has 2 aromatic carbocycles. The van der Waals surface area contributed by atoms with E-state index in [0.717, 1.165) is 11.1 Å². The van der Waals surface area contributed by atoms with Crippen molar-refractivity contribution in [3.8, 4) is 0 Å². The molecule has 0 spiro atoms. The first-order valence-corrected chi connectivity index (χ1v) is 8.61. The van der Waals surface area contributed by atoms with Gasteiger partial charge in [0.15, 0.2) is 0 Å². The van der Waals surface area contributed by atoms with Gasteiger partial charge in [0.2, 0.25) is 0 Å². The van der Waals surface area contributed by atoms with E-state index in [1.165, 1.54) is 0 Å². The molecule has 26 heavy (non-hydrogen) atoms. The minimum atomic E-state index is -3.28. The summed E-state index contributed by atoms with van der Waals surface area (Å²) in [7, 11) is 0. The number of halogens is 4. The van der Waals surface area contributed by atoms with Gasteiger partial charge in [-0.25, -0.2) is 17.6 Å². The molecule has 0 bridgehead atoms. The van der Waals surface area contributed by atoms with Crippen LogP contribution in [0.4, 0.5) is 17.6 Å². The van der Waals surface area contributed by atoms with E-state index >= 15 is 0 Å². The van der Waals surface area contributed by atoms with Crippen LogP contribution in [0.2, 0.25) is 0 Å². The Hall–Kier alpha value is -2.17. The molecule has 140 valence electrons. The molecule has 0 unspecified atom stereocenters. The van der Waals surface area contributed by atoms with Crippen molar-refractivity contribution in [2.24, 2.45) is 0 Å². The Kier molecular flexibility index (Phi) is 6.95. The molecule has 0 aliphatic rings. The fourth-order valence-electron chi connectivity index (χ4n) is 2.76. The quantitative estimate of drug-likeness (QED) is 0.481. The van der Waals surface area contributed by atoms with Crippen LogP contribution in [0.15, 0.2) is 60.7 Å². The Morgan fingerprint density at radius 1 is 0.654 bits per heavy atom. The van der Waals surface area contributed by atoms with Crippen LogP contribution in [0.5, 0.6) is 0 Å². The Morgan fingerprint density at radius 2 is 1.00 bits per heavy atom. The van der Waals surface area contributed by atoms with Crippen LogP contribution < -0.4 is 0 Å². The van der Waals surface area contributed by atoms with Crippen LogP contribution >= 0.6 is 0 Å². The fourth-order valence-corrected chi connectivity index (χ4v) is 2.76. The van der Waals surface area contributed by atoms with E-state index in [1.807, 2.05) is 0 Å². The van der Waals surface area contributed by atoms with Crippen LogP contribution in [-0.4, -0.2) is 17.6 Å². The van der Waals surface area contributed by atoms with Crippen LogP contribution in [0.25, 0.3) is 0 Å². The highest BCUT2D eigenvalue weighted by molar-refractivity contribution is 5.80. The lowest BCUT2D eigenvalue weighted by atomic mass is 9.97. The zero-order chi connectivity index (χ0) is 19.0. The predicted octanol–water partition coefficient (Wildman–Crippen LogP) is 5.87. The number of hydrogen-bond donors (Lipinski definition) is 0. The Morgan fingerprint density at radius 3 is 1.35 bits per heavy atom. The van der Waals surface area contributed by atoms with E-state index < -0.39 is 43.3 Å². The summed E-state index contributed by atoms with van der Waals surface area (Å²) in [6, 6.07) is 17.4. The lowest BCUT2D eigenvalue weighted by Crippen LogP contribution is -2.27. The zero-order valence-corrected chi connectivity index (χ0v) is 14.4. The standard InChI is InChI=1S/C21H22F4O/c22-20(23,13-11-17-7-3-1-4-8-17)15-19(26)16-21(24,25)14-12-18-9-5-2-6-10-18/h1-10H,11-16H2. The number of alkyl halides is 4. The molecule has 0 saturated heterocycles. The number of benzene rings is 2. The minimum Gasteiger partial charge on any atom is -0.299 e. The van der Waals surface area contributed by atoms with Gasteiger partial charge in [-0.05, 0) is 24.0 Å². The molecule has 0 fully saturated rings. The van der Waals surface area contributed by atoms with Crippen molar-refractivity contribution in [2.45, 2.75) is 50.4 Å². The van der Waals surface area contributed by atoms with Crippen LogP contribution in [-0.2, 0) is 17.6 Å². The number of rotatable bonds is 10. The van der Waals surface area contributed by atoms with Crippen molar-refractivity contribution in [2.75, 3.05) is 0 Å². The summed E-state index contributed by atoms with van der Waals surface area (Å²) in [5.41, 5.74) is 1.46. The summed E-state index contributed by atoms with van der Waals surface area (Å²) in [6.45, 7) is 0. The van der Waals surface area contributed by atoms with Crippen molar-refractivity contribution < 1.29 is 22.4 Å². The third-order valence-electron chi connectivity index (χ3n) is 4.16. The molecule has 0 N–H and O–H groups in total. The van der Waals surface area contributed by atoms with Crippen molar-refractivity contribution in [1.29, 1.82) is 0 Å². The van der Waals surface area contributed by atoms with Crippen LogP contribution in [0, 0.1) is 0 Å². The summed E-state index contributed by atoms with van der Waals surface area (Å²) in [5.74, 6) is -7.65. The molecule has 2 rings (SSSR count). The lowest BCUT2D eigenvalue weighted by molar-refractivity contribution is -0.134. The van der Waals surface area contributed by atoms with E-state index in [4.69, 9.17) is 0 Å². The summed E-state index contributed by atoms with van der Waals surface area (Å²) in [5, 5.41) is 0. The topological polar surface area (TPSA) is 17.1 Å². The van der Waals surface area contributed by atoms with E-state index in [1.54, 1.807) is 60.7 Å². The monoisotopic (exact) mass is 366 g/mol. The Balaban J connectivity index is 1.79. The number of carbonyl (C=O) groups is 1. The number of aryl methyl sites for hydroxylation is 2. The maximum Gasteiger partial charge on any atom is 0.255 e. The van der Waals surface area contributed by atoms with Gasteiger partial charge in [0.1, 0.15) is 5.78 Å². The summed E-state index contributed by atoms with van der Waals surface area (Å²) in [6.07, 6.45) is -3.13. The average molecular weight is 366 g/mol. The van der Waals surface area contributed by atoms with E-state index in [9.17, 15) is 22.4 Å². The SMILES string of the molecule is O=C(CC(F)(F)CCc1ccccc1)CC(F)(F)CCc1ccccc1. The van der Waals surface area contributed by atoms with Crippen molar-refractivity contribution in [3.63, 3.8) is 0 Å². The first-order chi connectivity index (χ1) is 12.3. The van der Waals surface area contributed by atoms with Crippen molar-refractivity contribution in [1.82, 2.24) is 0 Å². The third-order valence-corrected chi connectivity index (χ3v) is 4.16. The minimum absolute atomic E-state index is 0.103. The van der Waals surface area contributed by atoms with Gasteiger partial charge in [0.05, 0.1) is 12.8 Å². The molecule has 5 heteroatoms. The van der Waals surface area contributed by atoms with Crippen molar-refractivity contribution in [3.05, 3.63) is 71.8 Å². The Labute approximate surface area is 151 Å². The highest BCUT2D eigenvalue weighted by Crippen LogP contribution is 2.30. The van der Waals surface area contributed by atoms with Crippen molar-refractivity contribution >= 4 is 5.78 Å². The molecule has 0 aliphatic carbocycles. The molecular formula is C21H22F4O. The van der Waals surface area contributed by atoms with Gasteiger partial charge >= 0.3 is 0 Å². The highest BCUT2D eigenvalue weighted by Gasteiger charge is 2.37. The van der Waals surface area contributed by atoms with Crippen LogP contribution in [0.1, 0.15) is 36.8 Å². The van der Waals surface area contributed by atoms with E-state index in [0.29, 0.717) is 0 Å². The number of ketones is 1. The molecule has 0 aromatic heterocycles. The summed E-state index contributed by atoms with van der Waals surface area (Å²) >= 11 is 0.